The molecule has 0 aromatic carbocycles. The highest BCUT2D eigenvalue weighted by molar-refractivity contribution is 5.82. The molecule has 1 N–H and O–H groups in total. The highest BCUT2D eigenvalue weighted by Gasteiger charge is 2.34. The molecule has 19 heavy (non-hydrogen) atoms. The van der Waals surface area contributed by atoms with E-state index < -0.39 is 0 Å². The summed E-state index contributed by atoms with van der Waals surface area (Å²) in [6.07, 6.45) is 3.93. The van der Waals surface area contributed by atoms with Crippen LogP contribution in [0.4, 0.5) is 0 Å². The first-order valence-corrected chi connectivity index (χ1v) is 7.27. The molecule has 2 aliphatic rings. The monoisotopic (exact) mass is 262 g/mol. The number of likely N-dealkylation sites (tertiary alicyclic amines) is 1. The Morgan fingerprint density at radius 3 is 3.00 bits per heavy atom. The van der Waals surface area contributed by atoms with Gasteiger partial charge in [0, 0.05) is 45.2 Å². The van der Waals surface area contributed by atoms with Crippen LogP contribution in [-0.2, 0) is 24.2 Å². The lowest BCUT2D eigenvalue weighted by molar-refractivity contribution is -0.129. The van der Waals surface area contributed by atoms with Crippen LogP contribution in [0.2, 0.25) is 0 Å². The quantitative estimate of drug-likeness (QED) is 0.880. The SMILES string of the molecule is CCCc1nc2c(n1C1CCN(C)C1=O)CCNC2. The van der Waals surface area contributed by atoms with Gasteiger partial charge in [-0.25, -0.2) is 4.98 Å². The second-order valence-electron chi connectivity index (χ2n) is 5.53. The van der Waals surface area contributed by atoms with Crippen LogP contribution in [0.15, 0.2) is 0 Å². The zero-order valence-electron chi connectivity index (χ0n) is 11.8. The van der Waals surface area contributed by atoms with Gasteiger partial charge < -0.3 is 14.8 Å². The fourth-order valence-corrected chi connectivity index (χ4v) is 3.20. The minimum Gasteiger partial charge on any atom is -0.344 e. The molecular formula is C14H22N4O. The number of likely N-dealkylation sites (N-methyl/N-ethyl adjacent to an activating group) is 1. The van der Waals surface area contributed by atoms with Gasteiger partial charge >= 0.3 is 0 Å². The summed E-state index contributed by atoms with van der Waals surface area (Å²) in [4.78, 5) is 18.9. The van der Waals surface area contributed by atoms with Crippen molar-refractivity contribution in [2.24, 2.45) is 0 Å². The van der Waals surface area contributed by atoms with Crippen LogP contribution < -0.4 is 5.32 Å². The predicted octanol–water partition coefficient (Wildman–Crippen LogP) is 0.885. The average molecular weight is 262 g/mol. The van der Waals surface area contributed by atoms with Gasteiger partial charge in [-0.2, -0.15) is 0 Å². The highest BCUT2D eigenvalue weighted by Crippen LogP contribution is 2.29. The smallest absolute Gasteiger partial charge is 0.245 e. The van der Waals surface area contributed by atoms with Gasteiger partial charge in [-0.05, 0) is 12.8 Å². The number of imidazole rings is 1. The van der Waals surface area contributed by atoms with E-state index in [2.05, 4.69) is 16.8 Å². The molecule has 2 aliphatic heterocycles. The molecule has 1 amide bonds. The summed E-state index contributed by atoms with van der Waals surface area (Å²) >= 11 is 0. The maximum Gasteiger partial charge on any atom is 0.245 e. The van der Waals surface area contributed by atoms with Gasteiger partial charge in [0.1, 0.15) is 11.9 Å². The van der Waals surface area contributed by atoms with E-state index in [1.807, 2.05) is 11.9 Å². The van der Waals surface area contributed by atoms with Gasteiger partial charge in [-0.15, -0.1) is 0 Å². The number of aryl methyl sites for hydroxylation is 1. The molecule has 1 atom stereocenters. The first-order valence-electron chi connectivity index (χ1n) is 7.27. The molecule has 5 nitrogen and oxygen atoms in total. The molecule has 0 radical (unpaired) electrons. The van der Waals surface area contributed by atoms with Gasteiger partial charge in [0.15, 0.2) is 0 Å². The second-order valence-corrected chi connectivity index (χ2v) is 5.53. The van der Waals surface area contributed by atoms with Crippen molar-refractivity contribution in [1.29, 1.82) is 0 Å². The number of carbonyl (C=O) groups excluding carboxylic acids is 1. The molecule has 1 aromatic heterocycles. The molecule has 5 heteroatoms. The Morgan fingerprint density at radius 2 is 2.32 bits per heavy atom. The van der Waals surface area contributed by atoms with Crippen molar-refractivity contribution in [3.63, 3.8) is 0 Å². The number of fused-ring (bicyclic) bond motifs is 1. The number of aromatic nitrogens is 2. The molecular weight excluding hydrogens is 240 g/mol. The number of hydrogen-bond donors (Lipinski definition) is 1. The van der Waals surface area contributed by atoms with E-state index in [-0.39, 0.29) is 11.9 Å². The first kappa shape index (κ1) is 12.7. The van der Waals surface area contributed by atoms with E-state index in [0.717, 1.165) is 56.8 Å². The molecule has 3 heterocycles. The third-order valence-electron chi connectivity index (χ3n) is 4.18. The number of nitrogens with zero attached hydrogens (tertiary/aromatic N) is 3. The van der Waals surface area contributed by atoms with Gasteiger partial charge in [0.05, 0.1) is 5.69 Å². The third-order valence-corrected chi connectivity index (χ3v) is 4.18. The molecule has 0 spiro atoms. The van der Waals surface area contributed by atoms with Crippen LogP contribution in [0.1, 0.15) is 43.0 Å². The van der Waals surface area contributed by atoms with Crippen LogP contribution >= 0.6 is 0 Å². The summed E-state index contributed by atoms with van der Waals surface area (Å²) in [5.74, 6) is 1.35. The minimum atomic E-state index is -0.0131. The van der Waals surface area contributed by atoms with Crippen molar-refractivity contribution in [2.75, 3.05) is 20.1 Å². The third kappa shape index (κ3) is 2.06. The maximum atomic E-state index is 12.3. The summed E-state index contributed by atoms with van der Waals surface area (Å²) in [5, 5.41) is 3.36. The van der Waals surface area contributed by atoms with Crippen molar-refractivity contribution in [3.05, 3.63) is 17.2 Å². The van der Waals surface area contributed by atoms with E-state index in [9.17, 15) is 4.79 Å². The lowest BCUT2D eigenvalue weighted by atomic mass is 10.1. The second kappa shape index (κ2) is 4.96. The molecule has 1 aromatic rings. The lowest BCUT2D eigenvalue weighted by Crippen LogP contribution is -2.29. The molecule has 0 saturated carbocycles. The van der Waals surface area contributed by atoms with E-state index in [1.54, 1.807) is 0 Å². The van der Waals surface area contributed by atoms with Crippen molar-refractivity contribution in [2.45, 2.75) is 45.2 Å². The summed E-state index contributed by atoms with van der Waals surface area (Å²) in [6, 6.07) is -0.0131. The van der Waals surface area contributed by atoms with Crippen molar-refractivity contribution in [1.82, 2.24) is 19.8 Å². The Labute approximate surface area is 114 Å². The number of amides is 1. The normalized spacial score (nSPS) is 22.9. The fraction of sp³-hybridized carbons (Fsp3) is 0.714. The van der Waals surface area contributed by atoms with Crippen LogP contribution in [0.5, 0.6) is 0 Å². The maximum absolute atomic E-state index is 12.3. The van der Waals surface area contributed by atoms with Gasteiger partial charge in [0.2, 0.25) is 5.91 Å². The summed E-state index contributed by atoms with van der Waals surface area (Å²) in [5.41, 5.74) is 2.44. The Kier molecular flexibility index (Phi) is 3.31. The van der Waals surface area contributed by atoms with Crippen LogP contribution in [0.3, 0.4) is 0 Å². The Bertz CT molecular complexity index is 494. The Balaban J connectivity index is 2.02. The molecule has 1 unspecified atom stereocenters. The Hall–Kier alpha value is -1.36. The highest BCUT2D eigenvalue weighted by atomic mass is 16.2. The van der Waals surface area contributed by atoms with Crippen LogP contribution in [0, 0.1) is 0 Å². The largest absolute Gasteiger partial charge is 0.344 e. The van der Waals surface area contributed by atoms with Crippen molar-refractivity contribution >= 4 is 5.91 Å². The molecule has 1 saturated heterocycles. The van der Waals surface area contributed by atoms with Gasteiger partial charge in [0.25, 0.3) is 0 Å². The van der Waals surface area contributed by atoms with E-state index in [4.69, 9.17) is 4.98 Å². The number of nitrogens with one attached hydrogen (secondary N) is 1. The first-order chi connectivity index (χ1) is 9.22. The van der Waals surface area contributed by atoms with Gasteiger partial charge in [-0.3, -0.25) is 4.79 Å². The van der Waals surface area contributed by atoms with E-state index in [1.165, 1.54) is 5.69 Å². The molecule has 0 bridgehead atoms. The Morgan fingerprint density at radius 1 is 1.47 bits per heavy atom. The summed E-state index contributed by atoms with van der Waals surface area (Å²) in [7, 11) is 1.90. The van der Waals surface area contributed by atoms with Crippen LogP contribution in [0.25, 0.3) is 0 Å². The molecule has 0 aliphatic carbocycles. The van der Waals surface area contributed by atoms with E-state index >= 15 is 0 Å². The van der Waals surface area contributed by atoms with Crippen molar-refractivity contribution in [3.8, 4) is 0 Å². The molecule has 104 valence electrons. The molecule has 1 fully saturated rings. The fourth-order valence-electron chi connectivity index (χ4n) is 3.20. The zero-order chi connectivity index (χ0) is 13.4. The summed E-state index contributed by atoms with van der Waals surface area (Å²) < 4.78 is 2.26. The van der Waals surface area contributed by atoms with E-state index in [0.29, 0.717) is 0 Å². The van der Waals surface area contributed by atoms with Crippen LogP contribution in [-0.4, -0.2) is 40.5 Å². The standard InChI is InChI=1S/C14H22N4O/c1-3-4-13-16-10-9-15-7-5-11(10)18(13)12-6-8-17(2)14(12)19/h12,15H,3-9H2,1-2H3. The lowest BCUT2D eigenvalue weighted by Gasteiger charge is -2.20. The topological polar surface area (TPSA) is 50.2 Å². The number of carbonyl (C=O) groups is 1. The zero-order valence-corrected chi connectivity index (χ0v) is 11.8. The number of rotatable bonds is 3. The van der Waals surface area contributed by atoms with Crippen molar-refractivity contribution < 1.29 is 4.79 Å². The summed E-state index contributed by atoms with van der Waals surface area (Å²) in [6.45, 7) is 4.86. The molecule has 3 rings (SSSR count). The predicted molar refractivity (Wildman–Crippen MR) is 72.9 cm³/mol. The minimum absolute atomic E-state index is 0.0131. The average Bonchev–Trinajstić information content (AvgIpc) is 2.92. The number of hydrogen-bond acceptors (Lipinski definition) is 3. The van der Waals surface area contributed by atoms with Gasteiger partial charge in [-0.1, -0.05) is 6.92 Å².